The molecule has 12 heavy (non-hydrogen) atoms. The average Bonchev–Trinajstić information content (AvgIpc) is 2.52. The summed E-state index contributed by atoms with van der Waals surface area (Å²) >= 11 is 1.45. The lowest BCUT2D eigenvalue weighted by atomic mass is 10.1. The van der Waals surface area contributed by atoms with Crippen LogP contribution in [-0.2, 0) is 5.54 Å². The van der Waals surface area contributed by atoms with E-state index in [2.05, 4.69) is 15.5 Å². The van der Waals surface area contributed by atoms with Gasteiger partial charge in [0, 0.05) is 0 Å². The predicted octanol–water partition coefficient (Wildman–Crippen LogP) is 1.25. The highest BCUT2D eigenvalue weighted by molar-refractivity contribution is 7.98. The largest absolute Gasteiger partial charge is 0.414 e. The van der Waals surface area contributed by atoms with Crippen LogP contribution in [0.5, 0.6) is 0 Å². The van der Waals surface area contributed by atoms with Crippen LogP contribution in [0.1, 0.15) is 19.7 Å². The Balaban J connectivity index is 2.88. The Morgan fingerprint density at radius 1 is 1.42 bits per heavy atom. The minimum Gasteiger partial charge on any atom is -0.414 e. The molecule has 1 aromatic rings. The zero-order chi connectivity index (χ0) is 9.19. The second-order valence-electron chi connectivity index (χ2n) is 2.95. The molecule has 5 heteroatoms. The van der Waals surface area contributed by atoms with Gasteiger partial charge in [-0.1, -0.05) is 11.8 Å². The molecule has 0 saturated heterocycles. The van der Waals surface area contributed by atoms with Gasteiger partial charge in [-0.25, -0.2) is 0 Å². The lowest BCUT2D eigenvalue weighted by Gasteiger charge is -2.18. The van der Waals surface area contributed by atoms with Crippen LogP contribution in [0.15, 0.2) is 9.64 Å². The average molecular weight is 187 g/mol. The topological polar surface area (TPSA) is 51.0 Å². The molecule has 0 fully saturated rings. The minimum atomic E-state index is -0.249. The second kappa shape index (κ2) is 3.45. The van der Waals surface area contributed by atoms with Gasteiger partial charge in [0.2, 0.25) is 5.89 Å². The Kier molecular flexibility index (Phi) is 2.74. The highest BCUT2D eigenvalue weighted by Gasteiger charge is 2.24. The van der Waals surface area contributed by atoms with Crippen LogP contribution in [0.2, 0.25) is 0 Å². The molecule has 0 radical (unpaired) electrons. The fraction of sp³-hybridized carbons (Fsp3) is 0.714. The van der Waals surface area contributed by atoms with Crippen LogP contribution >= 0.6 is 11.8 Å². The maximum absolute atomic E-state index is 5.37. The summed E-state index contributed by atoms with van der Waals surface area (Å²) in [5, 5.41) is 11.5. The highest BCUT2D eigenvalue weighted by atomic mass is 32.2. The molecule has 0 aliphatic carbocycles. The van der Waals surface area contributed by atoms with Crippen molar-refractivity contribution in [3.05, 3.63) is 5.89 Å². The van der Waals surface area contributed by atoms with Crippen LogP contribution in [-0.4, -0.2) is 23.5 Å². The summed E-state index contributed by atoms with van der Waals surface area (Å²) < 4.78 is 5.37. The second-order valence-corrected chi connectivity index (χ2v) is 3.71. The molecule has 0 atom stereocenters. The molecule has 0 aliphatic rings. The van der Waals surface area contributed by atoms with Crippen molar-refractivity contribution >= 4 is 11.8 Å². The molecule has 0 aliphatic heterocycles. The van der Waals surface area contributed by atoms with E-state index >= 15 is 0 Å². The third-order valence-electron chi connectivity index (χ3n) is 1.74. The van der Waals surface area contributed by atoms with Gasteiger partial charge in [0.15, 0.2) is 0 Å². The first-order valence-corrected chi connectivity index (χ1v) is 4.89. The van der Waals surface area contributed by atoms with E-state index < -0.39 is 0 Å². The maximum Gasteiger partial charge on any atom is 0.276 e. The van der Waals surface area contributed by atoms with Gasteiger partial charge in [-0.3, -0.25) is 0 Å². The van der Waals surface area contributed by atoms with Crippen molar-refractivity contribution in [2.75, 3.05) is 13.3 Å². The van der Waals surface area contributed by atoms with Gasteiger partial charge >= 0.3 is 0 Å². The monoisotopic (exact) mass is 187 g/mol. The summed E-state index contributed by atoms with van der Waals surface area (Å²) in [5.41, 5.74) is -0.249. The molecule has 0 spiro atoms. The Bertz CT molecular complexity index is 259. The summed E-state index contributed by atoms with van der Waals surface area (Å²) in [5.74, 6) is 0.620. The first kappa shape index (κ1) is 9.54. The smallest absolute Gasteiger partial charge is 0.276 e. The van der Waals surface area contributed by atoms with Crippen molar-refractivity contribution in [3.8, 4) is 0 Å². The Hall–Kier alpha value is -0.550. The third-order valence-corrected chi connectivity index (χ3v) is 2.25. The number of hydrogen-bond donors (Lipinski definition) is 1. The normalized spacial score (nSPS) is 12.0. The Morgan fingerprint density at radius 3 is 2.50 bits per heavy atom. The molecule has 1 heterocycles. The van der Waals surface area contributed by atoms with E-state index in [0.717, 1.165) is 0 Å². The van der Waals surface area contributed by atoms with Crippen LogP contribution < -0.4 is 5.32 Å². The fourth-order valence-corrected chi connectivity index (χ4v) is 0.937. The van der Waals surface area contributed by atoms with Gasteiger partial charge in [-0.2, -0.15) is 0 Å². The molecule has 0 amide bonds. The summed E-state index contributed by atoms with van der Waals surface area (Å²) in [6, 6.07) is 0. The van der Waals surface area contributed by atoms with Crippen LogP contribution in [0.25, 0.3) is 0 Å². The van der Waals surface area contributed by atoms with E-state index in [4.69, 9.17) is 4.42 Å². The van der Waals surface area contributed by atoms with Gasteiger partial charge in [0.05, 0.1) is 5.54 Å². The number of aromatic nitrogens is 2. The van der Waals surface area contributed by atoms with E-state index in [1.165, 1.54) is 11.8 Å². The first-order chi connectivity index (χ1) is 5.60. The first-order valence-electron chi connectivity index (χ1n) is 3.67. The zero-order valence-electron chi connectivity index (χ0n) is 7.71. The Morgan fingerprint density at radius 2 is 2.08 bits per heavy atom. The Labute approximate surface area is 76.1 Å². The van der Waals surface area contributed by atoms with Crippen LogP contribution in [0.3, 0.4) is 0 Å². The van der Waals surface area contributed by atoms with Crippen LogP contribution in [0, 0.1) is 0 Å². The maximum atomic E-state index is 5.37. The van der Waals surface area contributed by atoms with Crippen molar-refractivity contribution in [2.24, 2.45) is 0 Å². The minimum absolute atomic E-state index is 0.249. The molecule has 1 aromatic heterocycles. The summed E-state index contributed by atoms with van der Waals surface area (Å²) in [6.45, 7) is 3.98. The van der Waals surface area contributed by atoms with Crippen molar-refractivity contribution in [2.45, 2.75) is 24.6 Å². The summed E-state index contributed by atoms with van der Waals surface area (Å²) in [7, 11) is 1.86. The van der Waals surface area contributed by atoms with Gasteiger partial charge in [-0.05, 0) is 27.2 Å². The molecule has 68 valence electrons. The van der Waals surface area contributed by atoms with E-state index in [9.17, 15) is 0 Å². The van der Waals surface area contributed by atoms with Crippen molar-refractivity contribution in [1.82, 2.24) is 15.5 Å². The fourth-order valence-electron chi connectivity index (χ4n) is 0.652. The molecule has 1 rings (SSSR count). The molecule has 0 saturated carbocycles. The van der Waals surface area contributed by atoms with Gasteiger partial charge in [-0.15, -0.1) is 10.2 Å². The summed E-state index contributed by atoms with van der Waals surface area (Å²) in [6.07, 6.45) is 1.91. The van der Waals surface area contributed by atoms with Crippen molar-refractivity contribution < 1.29 is 4.42 Å². The van der Waals surface area contributed by atoms with E-state index in [1.54, 1.807) is 0 Å². The molecular formula is C7H13N3OS. The van der Waals surface area contributed by atoms with Crippen molar-refractivity contribution in [1.29, 1.82) is 0 Å². The zero-order valence-corrected chi connectivity index (χ0v) is 8.53. The molecular weight excluding hydrogens is 174 g/mol. The standard InChI is InChI=1S/C7H13N3OS/c1-7(2,8-3)5-9-10-6(11-5)12-4/h8H,1-4H3. The lowest BCUT2D eigenvalue weighted by Crippen LogP contribution is -2.33. The third kappa shape index (κ3) is 1.78. The molecule has 0 aromatic carbocycles. The summed E-state index contributed by atoms with van der Waals surface area (Å²) in [4.78, 5) is 0. The van der Waals surface area contributed by atoms with E-state index in [1.807, 2.05) is 27.2 Å². The quantitative estimate of drug-likeness (QED) is 0.722. The SMILES string of the molecule is CNC(C)(C)c1nnc(SC)o1. The number of nitrogens with zero attached hydrogens (tertiary/aromatic N) is 2. The lowest BCUT2D eigenvalue weighted by molar-refractivity contribution is 0.300. The van der Waals surface area contributed by atoms with Crippen molar-refractivity contribution in [3.63, 3.8) is 0 Å². The number of thioether (sulfide) groups is 1. The molecule has 4 nitrogen and oxygen atoms in total. The van der Waals surface area contributed by atoms with E-state index in [-0.39, 0.29) is 5.54 Å². The molecule has 1 N–H and O–H groups in total. The predicted molar refractivity (Wildman–Crippen MR) is 48.2 cm³/mol. The number of nitrogens with one attached hydrogen (secondary N) is 1. The van der Waals surface area contributed by atoms with Gasteiger partial charge in [0.25, 0.3) is 5.22 Å². The van der Waals surface area contributed by atoms with E-state index in [0.29, 0.717) is 11.1 Å². The number of hydrogen-bond acceptors (Lipinski definition) is 5. The molecule has 0 bridgehead atoms. The van der Waals surface area contributed by atoms with Gasteiger partial charge < -0.3 is 9.73 Å². The highest BCUT2D eigenvalue weighted by Crippen LogP contribution is 2.20. The number of rotatable bonds is 3. The van der Waals surface area contributed by atoms with Crippen LogP contribution in [0.4, 0.5) is 0 Å². The van der Waals surface area contributed by atoms with Gasteiger partial charge in [0.1, 0.15) is 0 Å². The molecule has 0 unspecified atom stereocenters.